The second kappa shape index (κ2) is 3.93. The lowest BCUT2D eigenvalue weighted by atomic mass is 9.98. The van der Waals surface area contributed by atoms with Gasteiger partial charge in [-0.05, 0) is 24.1 Å². The van der Waals surface area contributed by atoms with Gasteiger partial charge in [-0.3, -0.25) is 10.1 Å². The minimum absolute atomic E-state index is 0.229. The molecule has 3 aromatic rings. The van der Waals surface area contributed by atoms with Gasteiger partial charge < -0.3 is 4.57 Å². The number of nitrogens with zero attached hydrogens (tertiary/aromatic N) is 2. The summed E-state index contributed by atoms with van der Waals surface area (Å²) in [4.78, 5) is 11.3. The summed E-state index contributed by atoms with van der Waals surface area (Å²) < 4.78 is 2.08. The Morgan fingerprint density at radius 1 is 1.05 bits per heavy atom. The molecule has 0 aliphatic carbocycles. The van der Waals surface area contributed by atoms with E-state index in [-0.39, 0.29) is 10.6 Å². The number of rotatable bonds is 1. The van der Waals surface area contributed by atoms with E-state index in [0.717, 1.165) is 35.1 Å². The lowest BCUT2D eigenvalue weighted by molar-refractivity contribution is -0.382. The monoisotopic (exact) mass is 264 g/mol. The van der Waals surface area contributed by atoms with Crippen molar-refractivity contribution in [3.05, 3.63) is 64.2 Å². The smallest absolute Gasteiger partial charge is 0.302 e. The Bertz CT molecular complexity index is 849. The standard InChI is InChI=1S/C16H12N2O2/c19-18(20)16-13-7-3-4-8-14(13)17-10-9-11-5-1-2-6-12(11)15(16)17/h1-8H,9-10H2. The topological polar surface area (TPSA) is 48.1 Å². The average molecular weight is 264 g/mol. The SMILES string of the molecule is O=[N+]([O-])c1c2n(c3ccccc13)CCc1ccccc1-2. The molecule has 0 radical (unpaired) electrons. The number of para-hydroxylation sites is 1. The number of hydrogen-bond donors (Lipinski definition) is 0. The van der Waals surface area contributed by atoms with E-state index < -0.39 is 0 Å². The lowest BCUT2D eigenvalue weighted by Gasteiger charge is -2.19. The number of hydrogen-bond acceptors (Lipinski definition) is 2. The number of aryl methyl sites for hydroxylation is 2. The highest BCUT2D eigenvalue weighted by Gasteiger charge is 2.30. The van der Waals surface area contributed by atoms with Crippen molar-refractivity contribution in [2.24, 2.45) is 0 Å². The fourth-order valence-electron chi connectivity index (χ4n) is 3.18. The van der Waals surface area contributed by atoms with Gasteiger partial charge in [0.15, 0.2) is 0 Å². The first-order chi connectivity index (χ1) is 9.77. The van der Waals surface area contributed by atoms with E-state index in [1.165, 1.54) is 5.56 Å². The van der Waals surface area contributed by atoms with Crippen LogP contribution < -0.4 is 0 Å². The third-order valence-corrected chi connectivity index (χ3v) is 4.00. The lowest BCUT2D eigenvalue weighted by Crippen LogP contribution is -2.10. The molecule has 2 aromatic carbocycles. The predicted molar refractivity (Wildman–Crippen MR) is 77.7 cm³/mol. The second-order valence-electron chi connectivity index (χ2n) is 5.03. The van der Waals surface area contributed by atoms with Crippen molar-refractivity contribution in [2.45, 2.75) is 13.0 Å². The average Bonchev–Trinajstić information content (AvgIpc) is 2.82. The fourth-order valence-corrected chi connectivity index (χ4v) is 3.18. The molecule has 0 fully saturated rings. The van der Waals surface area contributed by atoms with Crippen LogP contribution in [0.5, 0.6) is 0 Å². The van der Waals surface area contributed by atoms with Gasteiger partial charge in [0.25, 0.3) is 0 Å². The van der Waals surface area contributed by atoms with Crippen molar-refractivity contribution in [2.75, 3.05) is 0 Å². The summed E-state index contributed by atoms with van der Waals surface area (Å²) in [5, 5.41) is 12.3. The molecule has 98 valence electrons. The second-order valence-corrected chi connectivity index (χ2v) is 5.03. The van der Waals surface area contributed by atoms with E-state index in [1.54, 1.807) is 0 Å². The molecule has 0 unspecified atom stereocenters. The maximum atomic E-state index is 11.6. The van der Waals surface area contributed by atoms with Crippen LogP contribution in [-0.4, -0.2) is 9.49 Å². The molecule has 0 amide bonds. The molecule has 1 aliphatic heterocycles. The van der Waals surface area contributed by atoms with Crippen LogP contribution in [0.4, 0.5) is 5.69 Å². The number of fused-ring (bicyclic) bond motifs is 5. The van der Waals surface area contributed by atoms with Gasteiger partial charge in [0.05, 0.1) is 15.8 Å². The van der Waals surface area contributed by atoms with Gasteiger partial charge in [-0.1, -0.05) is 36.4 Å². The molecular weight excluding hydrogens is 252 g/mol. The Hall–Kier alpha value is -2.62. The van der Waals surface area contributed by atoms with E-state index in [9.17, 15) is 10.1 Å². The molecule has 1 aromatic heterocycles. The molecule has 4 nitrogen and oxygen atoms in total. The van der Waals surface area contributed by atoms with Crippen LogP contribution in [0.25, 0.3) is 22.2 Å². The van der Waals surface area contributed by atoms with Crippen molar-refractivity contribution in [1.82, 2.24) is 4.57 Å². The molecule has 4 heteroatoms. The Morgan fingerprint density at radius 2 is 1.80 bits per heavy atom. The van der Waals surface area contributed by atoms with Crippen LogP contribution in [0.1, 0.15) is 5.56 Å². The highest BCUT2D eigenvalue weighted by Crippen LogP contribution is 2.43. The van der Waals surface area contributed by atoms with Crippen LogP contribution >= 0.6 is 0 Å². The number of nitro groups is 1. The van der Waals surface area contributed by atoms with Crippen LogP contribution in [-0.2, 0) is 13.0 Å². The first-order valence-electron chi connectivity index (χ1n) is 6.61. The third kappa shape index (κ3) is 1.36. The van der Waals surface area contributed by atoms with Gasteiger partial charge in [-0.15, -0.1) is 0 Å². The summed E-state index contributed by atoms with van der Waals surface area (Å²) >= 11 is 0. The summed E-state index contributed by atoms with van der Waals surface area (Å²) in [5.74, 6) is 0. The molecule has 0 spiro atoms. The van der Waals surface area contributed by atoms with Crippen molar-refractivity contribution in [3.8, 4) is 11.3 Å². The molecule has 4 rings (SSSR count). The van der Waals surface area contributed by atoms with E-state index in [2.05, 4.69) is 10.6 Å². The molecule has 0 saturated heterocycles. The van der Waals surface area contributed by atoms with Crippen molar-refractivity contribution in [1.29, 1.82) is 0 Å². The summed E-state index contributed by atoms with van der Waals surface area (Å²) in [5.41, 5.74) is 4.10. The molecule has 0 saturated carbocycles. The predicted octanol–water partition coefficient (Wildman–Crippen LogP) is 3.77. The zero-order valence-electron chi connectivity index (χ0n) is 10.7. The molecule has 20 heavy (non-hydrogen) atoms. The van der Waals surface area contributed by atoms with Gasteiger partial charge in [-0.25, -0.2) is 0 Å². The highest BCUT2D eigenvalue weighted by atomic mass is 16.6. The Labute approximate surface area is 115 Å². The van der Waals surface area contributed by atoms with Gasteiger partial charge in [0.2, 0.25) is 0 Å². The molecule has 1 aliphatic rings. The summed E-state index contributed by atoms with van der Waals surface area (Å²) in [6.07, 6.45) is 0.916. The minimum atomic E-state index is -0.254. The van der Waals surface area contributed by atoms with E-state index in [1.807, 2.05) is 42.5 Å². The van der Waals surface area contributed by atoms with Gasteiger partial charge in [0.1, 0.15) is 5.69 Å². The zero-order chi connectivity index (χ0) is 13.7. The maximum Gasteiger partial charge on any atom is 0.302 e. The first kappa shape index (κ1) is 11.2. The summed E-state index contributed by atoms with van der Waals surface area (Å²) in [7, 11) is 0. The fraction of sp³-hybridized carbons (Fsp3) is 0.125. The zero-order valence-corrected chi connectivity index (χ0v) is 10.7. The van der Waals surface area contributed by atoms with Crippen molar-refractivity contribution in [3.63, 3.8) is 0 Å². The van der Waals surface area contributed by atoms with Crippen molar-refractivity contribution < 1.29 is 4.92 Å². The van der Waals surface area contributed by atoms with Crippen molar-refractivity contribution >= 4 is 16.6 Å². The summed E-state index contributed by atoms with van der Waals surface area (Å²) in [6.45, 7) is 0.792. The maximum absolute atomic E-state index is 11.6. The largest absolute Gasteiger partial charge is 0.334 e. The summed E-state index contributed by atoms with van der Waals surface area (Å²) in [6, 6.07) is 15.5. The minimum Gasteiger partial charge on any atom is -0.334 e. The van der Waals surface area contributed by atoms with E-state index >= 15 is 0 Å². The van der Waals surface area contributed by atoms with E-state index in [4.69, 9.17) is 0 Å². The Balaban J connectivity index is 2.19. The Kier molecular flexibility index (Phi) is 2.21. The van der Waals surface area contributed by atoms with Gasteiger partial charge in [-0.2, -0.15) is 0 Å². The normalized spacial score (nSPS) is 13.0. The number of aromatic nitrogens is 1. The number of benzene rings is 2. The molecular formula is C16H12N2O2. The molecule has 0 bridgehead atoms. The third-order valence-electron chi connectivity index (χ3n) is 4.00. The van der Waals surface area contributed by atoms with Gasteiger partial charge in [0, 0.05) is 12.1 Å². The van der Waals surface area contributed by atoms with Crippen LogP contribution in [0.2, 0.25) is 0 Å². The van der Waals surface area contributed by atoms with Crippen LogP contribution in [0, 0.1) is 10.1 Å². The van der Waals surface area contributed by atoms with E-state index in [0.29, 0.717) is 0 Å². The van der Waals surface area contributed by atoms with Crippen LogP contribution in [0.15, 0.2) is 48.5 Å². The first-order valence-corrected chi connectivity index (χ1v) is 6.61. The van der Waals surface area contributed by atoms with Gasteiger partial charge >= 0.3 is 5.69 Å². The van der Waals surface area contributed by atoms with Crippen LogP contribution in [0.3, 0.4) is 0 Å². The Morgan fingerprint density at radius 3 is 2.65 bits per heavy atom. The molecule has 2 heterocycles. The molecule has 0 atom stereocenters. The molecule has 0 N–H and O–H groups in total. The quantitative estimate of drug-likeness (QED) is 0.496. The highest BCUT2D eigenvalue weighted by molar-refractivity contribution is 5.99.